The van der Waals surface area contributed by atoms with Crippen LogP contribution >= 0.6 is 11.6 Å². The third-order valence-corrected chi connectivity index (χ3v) is 8.34. The SMILES string of the molecule is COc1cccnc1-n1cc2c(n1)CN(c1nc3c([C@@H](C)Nc4ccc(Cl)nc4C(=O)NS(C)(=O)=O)cc(C)cc3c(=O)n1C)C2. The predicted octanol–water partition coefficient (Wildman–Crippen LogP) is 3.26. The number of pyridine rings is 2. The lowest BCUT2D eigenvalue weighted by atomic mass is 10.0. The minimum Gasteiger partial charge on any atom is -0.493 e. The van der Waals surface area contributed by atoms with Crippen molar-refractivity contribution in [2.24, 2.45) is 7.05 Å². The monoisotopic (exact) mass is 663 g/mol. The number of nitrogens with zero attached hydrogens (tertiary/aromatic N) is 7. The Morgan fingerprint density at radius 3 is 2.65 bits per heavy atom. The standard InChI is InChI=1S/C30H30ClN9O5S/c1-16-11-19(17(2)33-21-8-9-24(31)34-26(21)28(41)37-46(5,43)44)25-20(12-16)29(42)38(3)30(35-25)39-13-18-14-40(36-22(18)15-39)27-23(45-4)7-6-10-32-27/h6-12,14,17,33H,13,15H2,1-5H3,(H,37,41)/t17-/m1/s1. The van der Waals surface area contributed by atoms with Crippen LogP contribution in [0.4, 0.5) is 11.6 Å². The Labute approximate surface area is 269 Å². The number of hydrogen-bond donors (Lipinski definition) is 2. The van der Waals surface area contributed by atoms with E-state index in [4.69, 9.17) is 26.4 Å². The number of fused-ring (bicyclic) bond motifs is 2. The first-order valence-electron chi connectivity index (χ1n) is 14.1. The number of benzene rings is 1. The van der Waals surface area contributed by atoms with E-state index in [2.05, 4.69) is 15.3 Å². The number of anilines is 2. The maximum atomic E-state index is 13.7. The molecule has 238 valence electrons. The normalized spacial score (nSPS) is 13.5. The first-order valence-corrected chi connectivity index (χ1v) is 16.4. The fourth-order valence-electron chi connectivity index (χ4n) is 5.52. The number of carbonyl (C=O) groups is 1. The minimum absolute atomic E-state index is 0.0186. The topological polar surface area (TPSA) is 166 Å². The number of carbonyl (C=O) groups excluding carboxylic acids is 1. The van der Waals surface area contributed by atoms with Gasteiger partial charge in [0.2, 0.25) is 16.0 Å². The zero-order chi connectivity index (χ0) is 32.9. The molecule has 1 aliphatic heterocycles. The Hall–Kier alpha value is -5.02. The summed E-state index contributed by atoms with van der Waals surface area (Å²) in [7, 11) is -0.578. The van der Waals surface area contributed by atoms with Crippen LogP contribution in [0.3, 0.4) is 0 Å². The van der Waals surface area contributed by atoms with Gasteiger partial charge in [-0.1, -0.05) is 17.7 Å². The van der Waals surface area contributed by atoms with Gasteiger partial charge in [0.25, 0.3) is 11.5 Å². The van der Waals surface area contributed by atoms with Crippen LogP contribution in [0.5, 0.6) is 5.75 Å². The van der Waals surface area contributed by atoms with E-state index >= 15 is 0 Å². The average Bonchev–Trinajstić information content (AvgIpc) is 3.58. The largest absolute Gasteiger partial charge is 0.493 e. The molecule has 1 aromatic carbocycles. The van der Waals surface area contributed by atoms with Gasteiger partial charge in [-0.15, -0.1) is 0 Å². The third kappa shape index (κ3) is 5.86. The number of ether oxygens (including phenoxy) is 1. The second kappa shape index (κ2) is 11.7. The van der Waals surface area contributed by atoms with E-state index in [1.165, 1.54) is 10.6 Å². The highest BCUT2D eigenvalue weighted by atomic mass is 35.5. The molecular formula is C30H30ClN9O5S. The molecule has 46 heavy (non-hydrogen) atoms. The van der Waals surface area contributed by atoms with Gasteiger partial charge in [-0.3, -0.25) is 14.2 Å². The second-order valence-electron chi connectivity index (χ2n) is 11.1. The summed E-state index contributed by atoms with van der Waals surface area (Å²) in [4.78, 5) is 41.9. The number of sulfonamides is 1. The fourth-order valence-corrected chi connectivity index (χ4v) is 6.10. The van der Waals surface area contributed by atoms with Gasteiger partial charge < -0.3 is 15.0 Å². The first-order chi connectivity index (χ1) is 21.8. The summed E-state index contributed by atoms with van der Waals surface area (Å²) in [5.74, 6) is 0.717. The van der Waals surface area contributed by atoms with Crippen LogP contribution in [0.2, 0.25) is 5.15 Å². The molecular weight excluding hydrogens is 634 g/mol. The molecule has 4 aromatic heterocycles. The number of rotatable bonds is 8. The smallest absolute Gasteiger partial charge is 0.285 e. The third-order valence-electron chi connectivity index (χ3n) is 7.57. The van der Waals surface area contributed by atoms with E-state index in [9.17, 15) is 18.0 Å². The van der Waals surface area contributed by atoms with Crippen molar-refractivity contribution < 1.29 is 17.9 Å². The van der Waals surface area contributed by atoms with Gasteiger partial charge in [0, 0.05) is 37.1 Å². The van der Waals surface area contributed by atoms with Crippen LogP contribution in [0, 0.1) is 6.92 Å². The first kappa shape index (κ1) is 31.0. The van der Waals surface area contributed by atoms with Crippen LogP contribution in [-0.4, -0.2) is 57.0 Å². The molecule has 5 aromatic rings. The summed E-state index contributed by atoms with van der Waals surface area (Å²) < 4.78 is 34.1. The van der Waals surface area contributed by atoms with Gasteiger partial charge in [0.15, 0.2) is 17.3 Å². The summed E-state index contributed by atoms with van der Waals surface area (Å²) >= 11 is 6.04. The molecule has 1 atom stereocenters. The number of aryl methyl sites for hydroxylation is 1. The van der Waals surface area contributed by atoms with Gasteiger partial charge in [-0.05, 0) is 49.7 Å². The maximum Gasteiger partial charge on any atom is 0.285 e. The lowest BCUT2D eigenvalue weighted by molar-refractivity contribution is 0.0977. The molecule has 6 rings (SSSR count). The fraction of sp³-hybridized carbons (Fsp3) is 0.267. The van der Waals surface area contributed by atoms with E-state index < -0.39 is 22.0 Å². The highest BCUT2D eigenvalue weighted by Gasteiger charge is 2.28. The molecule has 0 unspecified atom stereocenters. The summed E-state index contributed by atoms with van der Waals surface area (Å²) in [6.45, 7) is 4.63. The van der Waals surface area contributed by atoms with Gasteiger partial charge in [0.05, 0.1) is 48.2 Å². The quantitative estimate of drug-likeness (QED) is 0.234. The van der Waals surface area contributed by atoms with Crippen molar-refractivity contribution in [3.05, 3.63) is 92.4 Å². The zero-order valence-electron chi connectivity index (χ0n) is 25.6. The van der Waals surface area contributed by atoms with Crippen molar-refractivity contribution in [2.45, 2.75) is 33.0 Å². The molecule has 5 heterocycles. The lowest BCUT2D eigenvalue weighted by Crippen LogP contribution is -2.31. The van der Waals surface area contributed by atoms with Crippen molar-refractivity contribution in [3.63, 3.8) is 0 Å². The summed E-state index contributed by atoms with van der Waals surface area (Å²) in [5.41, 5.74) is 3.67. The molecule has 1 aliphatic rings. The molecule has 0 bridgehead atoms. The molecule has 14 nitrogen and oxygen atoms in total. The van der Waals surface area contributed by atoms with Crippen molar-refractivity contribution in [1.29, 1.82) is 0 Å². The molecule has 1 amide bonds. The van der Waals surface area contributed by atoms with Crippen LogP contribution < -0.4 is 25.2 Å². The maximum absolute atomic E-state index is 13.7. The Morgan fingerprint density at radius 2 is 1.93 bits per heavy atom. The zero-order valence-corrected chi connectivity index (χ0v) is 27.1. The Kier molecular flexibility index (Phi) is 7.90. The van der Waals surface area contributed by atoms with Crippen molar-refractivity contribution in [3.8, 4) is 11.6 Å². The van der Waals surface area contributed by atoms with E-state index in [0.717, 1.165) is 23.1 Å². The summed E-state index contributed by atoms with van der Waals surface area (Å²) in [6, 6.07) is 9.86. The van der Waals surface area contributed by atoms with Crippen LogP contribution in [0.1, 0.15) is 45.8 Å². The number of nitrogens with one attached hydrogen (secondary N) is 2. The van der Waals surface area contributed by atoms with Gasteiger partial charge >= 0.3 is 0 Å². The number of halogens is 1. The Morgan fingerprint density at radius 1 is 1.15 bits per heavy atom. The molecule has 0 fully saturated rings. The van der Waals surface area contributed by atoms with E-state index in [1.807, 2.05) is 41.8 Å². The highest BCUT2D eigenvalue weighted by Crippen LogP contribution is 2.32. The number of hydrogen-bond acceptors (Lipinski definition) is 11. The van der Waals surface area contributed by atoms with Gasteiger partial charge in [0.1, 0.15) is 5.15 Å². The Balaban J connectivity index is 1.35. The summed E-state index contributed by atoms with van der Waals surface area (Å²) in [6.07, 6.45) is 4.45. The molecule has 2 N–H and O–H groups in total. The van der Waals surface area contributed by atoms with Crippen LogP contribution in [0.15, 0.2) is 53.6 Å². The van der Waals surface area contributed by atoms with E-state index in [1.54, 1.807) is 43.2 Å². The minimum atomic E-state index is -3.85. The molecule has 16 heteroatoms. The highest BCUT2D eigenvalue weighted by molar-refractivity contribution is 7.89. The number of aromatic nitrogens is 6. The second-order valence-corrected chi connectivity index (χ2v) is 13.2. The molecule has 0 radical (unpaired) electrons. The van der Waals surface area contributed by atoms with Crippen LogP contribution in [-0.2, 0) is 30.2 Å². The average molecular weight is 664 g/mol. The molecule has 0 aliphatic carbocycles. The predicted molar refractivity (Wildman–Crippen MR) is 173 cm³/mol. The molecule has 0 spiro atoms. The van der Waals surface area contributed by atoms with E-state index in [-0.39, 0.29) is 22.1 Å². The van der Waals surface area contributed by atoms with E-state index in [0.29, 0.717) is 47.1 Å². The number of amides is 1. The van der Waals surface area contributed by atoms with Crippen molar-refractivity contribution >= 4 is 50.1 Å². The Bertz CT molecular complexity index is 2180. The molecule has 0 saturated heterocycles. The molecule has 0 saturated carbocycles. The van der Waals surface area contributed by atoms with Crippen molar-refractivity contribution in [1.82, 2.24) is 34.0 Å². The van der Waals surface area contributed by atoms with Gasteiger partial charge in [-0.2, -0.15) is 5.10 Å². The van der Waals surface area contributed by atoms with Crippen molar-refractivity contribution in [2.75, 3.05) is 23.6 Å². The lowest BCUT2D eigenvalue weighted by Gasteiger charge is -2.23. The van der Waals surface area contributed by atoms with Crippen LogP contribution in [0.25, 0.3) is 16.7 Å². The summed E-state index contributed by atoms with van der Waals surface area (Å²) in [5, 5.41) is 8.42. The van der Waals surface area contributed by atoms with Gasteiger partial charge in [-0.25, -0.2) is 32.8 Å². The number of methoxy groups -OCH3 is 1.